The maximum atomic E-state index is 11.8. The number of ketones is 1. The summed E-state index contributed by atoms with van der Waals surface area (Å²) in [5, 5.41) is 4.07. The minimum atomic E-state index is -0.232. The van der Waals surface area contributed by atoms with Crippen LogP contribution in [-0.2, 0) is 11.3 Å². The second-order valence-corrected chi connectivity index (χ2v) is 3.45. The third kappa shape index (κ3) is 1.70. The zero-order valence-corrected chi connectivity index (χ0v) is 8.27. The van der Waals surface area contributed by atoms with Gasteiger partial charge in [-0.1, -0.05) is 0 Å². The Bertz CT molecular complexity index is 327. The average Bonchev–Trinajstić information content (AvgIpc) is 2.88. The molecule has 1 atom stereocenters. The van der Waals surface area contributed by atoms with Crippen molar-refractivity contribution in [1.29, 1.82) is 0 Å². The van der Waals surface area contributed by atoms with Crippen LogP contribution in [0.5, 0.6) is 0 Å². The van der Waals surface area contributed by atoms with Crippen LogP contribution in [0.25, 0.3) is 0 Å². The molecule has 0 amide bonds. The number of hydrogen-bond acceptors (Lipinski definition) is 3. The van der Waals surface area contributed by atoms with Crippen molar-refractivity contribution in [3.05, 3.63) is 18.0 Å². The van der Waals surface area contributed by atoms with Crippen molar-refractivity contribution < 1.29 is 9.53 Å². The highest BCUT2D eigenvalue weighted by Crippen LogP contribution is 2.16. The van der Waals surface area contributed by atoms with Crippen molar-refractivity contribution in [2.75, 3.05) is 6.61 Å². The molecule has 0 spiro atoms. The molecule has 1 aliphatic rings. The normalized spacial score (nSPS) is 21.4. The van der Waals surface area contributed by atoms with Gasteiger partial charge in [-0.3, -0.25) is 9.48 Å². The number of rotatable bonds is 3. The Labute approximate surface area is 82.9 Å². The molecule has 0 aliphatic carbocycles. The van der Waals surface area contributed by atoms with Crippen molar-refractivity contribution in [3.63, 3.8) is 0 Å². The summed E-state index contributed by atoms with van der Waals surface area (Å²) in [6, 6.07) is 0. The quantitative estimate of drug-likeness (QED) is 0.680. The van der Waals surface area contributed by atoms with Gasteiger partial charge in [-0.2, -0.15) is 5.10 Å². The molecular formula is C10H14N2O2. The summed E-state index contributed by atoms with van der Waals surface area (Å²) in [6.07, 6.45) is 5.00. The Morgan fingerprint density at radius 3 is 3.21 bits per heavy atom. The predicted molar refractivity (Wildman–Crippen MR) is 51.2 cm³/mol. The van der Waals surface area contributed by atoms with Crippen molar-refractivity contribution in [1.82, 2.24) is 9.78 Å². The fourth-order valence-electron chi connectivity index (χ4n) is 1.63. The molecule has 0 radical (unpaired) electrons. The lowest BCUT2D eigenvalue weighted by Crippen LogP contribution is -2.18. The van der Waals surface area contributed by atoms with E-state index < -0.39 is 0 Å². The van der Waals surface area contributed by atoms with Gasteiger partial charge in [-0.25, -0.2) is 0 Å². The van der Waals surface area contributed by atoms with Gasteiger partial charge in [0.1, 0.15) is 6.10 Å². The van der Waals surface area contributed by atoms with Gasteiger partial charge in [0.25, 0.3) is 0 Å². The van der Waals surface area contributed by atoms with Gasteiger partial charge >= 0.3 is 0 Å². The van der Waals surface area contributed by atoms with Gasteiger partial charge < -0.3 is 4.74 Å². The minimum Gasteiger partial charge on any atom is -0.370 e. The molecule has 0 N–H and O–H groups in total. The van der Waals surface area contributed by atoms with Crippen molar-refractivity contribution >= 4 is 5.78 Å². The first-order valence-electron chi connectivity index (χ1n) is 4.99. The summed E-state index contributed by atoms with van der Waals surface area (Å²) in [5.41, 5.74) is 0.666. The van der Waals surface area contributed by atoms with Gasteiger partial charge in [0, 0.05) is 19.3 Å². The molecular weight excluding hydrogens is 180 g/mol. The first-order valence-corrected chi connectivity index (χ1v) is 4.99. The lowest BCUT2D eigenvalue weighted by Gasteiger charge is -2.04. The van der Waals surface area contributed by atoms with E-state index in [1.165, 1.54) is 0 Å². The van der Waals surface area contributed by atoms with Crippen LogP contribution >= 0.6 is 0 Å². The number of nitrogens with zero attached hydrogens (tertiary/aromatic N) is 2. The van der Waals surface area contributed by atoms with Gasteiger partial charge in [0.05, 0.1) is 11.8 Å². The summed E-state index contributed by atoms with van der Waals surface area (Å²) >= 11 is 0. The fourth-order valence-corrected chi connectivity index (χ4v) is 1.63. The van der Waals surface area contributed by atoms with E-state index in [1.54, 1.807) is 17.1 Å². The van der Waals surface area contributed by atoms with E-state index >= 15 is 0 Å². The van der Waals surface area contributed by atoms with Crippen LogP contribution in [0.2, 0.25) is 0 Å². The smallest absolute Gasteiger partial charge is 0.194 e. The number of aryl methyl sites for hydroxylation is 1. The monoisotopic (exact) mass is 194 g/mol. The topological polar surface area (TPSA) is 44.1 Å². The molecule has 0 bridgehead atoms. The first kappa shape index (κ1) is 9.40. The Morgan fingerprint density at radius 1 is 1.79 bits per heavy atom. The molecule has 1 aliphatic heterocycles. The van der Waals surface area contributed by atoms with E-state index in [9.17, 15) is 4.79 Å². The summed E-state index contributed by atoms with van der Waals surface area (Å²) in [7, 11) is 0. The van der Waals surface area contributed by atoms with Gasteiger partial charge in [0.2, 0.25) is 0 Å². The van der Waals surface area contributed by atoms with Gasteiger partial charge in [0.15, 0.2) is 5.78 Å². The fraction of sp³-hybridized carbons (Fsp3) is 0.600. The molecule has 1 saturated heterocycles. The second kappa shape index (κ2) is 3.92. The number of carbonyl (C=O) groups excluding carboxylic acids is 1. The molecule has 14 heavy (non-hydrogen) atoms. The second-order valence-electron chi connectivity index (χ2n) is 3.45. The summed E-state index contributed by atoms with van der Waals surface area (Å²) in [4.78, 5) is 11.8. The molecule has 4 nitrogen and oxygen atoms in total. The molecule has 1 aromatic heterocycles. The highest BCUT2D eigenvalue weighted by Gasteiger charge is 2.25. The lowest BCUT2D eigenvalue weighted by atomic mass is 10.1. The molecule has 1 fully saturated rings. The van der Waals surface area contributed by atoms with E-state index in [-0.39, 0.29) is 11.9 Å². The zero-order valence-electron chi connectivity index (χ0n) is 8.27. The van der Waals surface area contributed by atoms with Crippen LogP contribution < -0.4 is 0 Å². The van der Waals surface area contributed by atoms with Crippen LogP contribution in [-0.4, -0.2) is 28.3 Å². The largest absolute Gasteiger partial charge is 0.370 e. The Kier molecular flexibility index (Phi) is 2.63. The highest BCUT2D eigenvalue weighted by atomic mass is 16.5. The molecule has 0 saturated carbocycles. The molecule has 1 unspecified atom stereocenters. The van der Waals surface area contributed by atoms with E-state index in [1.807, 2.05) is 6.92 Å². The molecule has 76 valence electrons. The number of aromatic nitrogens is 2. The average molecular weight is 194 g/mol. The number of Topliss-reactive ketones (excluding diaryl/α,β-unsaturated/α-hetero) is 1. The molecule has 4 heteroatoms. The van der Waals surface area contributed by atoms with Crippen LogP contribution in [0.15, 0.2) is 12.4 Å². The van der Waals surface area contributed by atoms with Crippen LogP contribution in [0.3, 0.4) is 0 Å². The van der Waals surface area contributed by atoms with Gasteiger partial charge in [-0.05, 0) is 19.8 Å². The Balaban J connectivity index is 2.09. The number of carbonyl (C=O) groups is 1. The minimum absolute atomic E-state index is 0.0715. The van der Waals surface area contributed by atoms with Crippen molar-refractivity contribution in [2.45, 2.75) is 32.4 Å². The van der Waals surface area contributed by atoms with Gasteiger partial charge in [-0.15, -0.1) is 0 Å². The summed E-state index contributed by atoms with van der Waals surface area (Å²) in [6.45, 7) is 3.49. The predicted octanol–water partition coefficient (Wildman–Crippen LogP) is 1.26. The van der Waals surface area contributed by atoms with E-state index in [4.69, 9.17) is 4.74 Å². The van der Waals surface area contributed by atoms with Crippen LogP contribution in [0.4, 0.5) is 0 Å². The standard InChI is InChI=1S/C10H14N2O2/c1-2-12-7-8(6-11-12)10(13)9-4-3-5-14-9/h6-7,9H,2-5H2,1H3. The number of hydrogen-bond donors (Lipinski definition) is 0. The molecule has 0 aromatic carbocycles. The van der Waals surface area contributed by atoms with Crippen molar-refractivity contribution in [2.24, 2.45) is 0 Å². The maximum absolute atomic E-state index is 11.8. The third-order valence-corrected chi connectivity index (χ3v) is 2.46. The maximum Gasteiger partial charge on any atom is 0.194 e. The number of ether oxygens (including phenoxy) is 1. The van der Waals surface area contributed by atoms with Crippen LogP contribution in [0, 0.1) is 0 Å². The molecule has 1 aromatic rings. The SMILES string of the molecule is CCn1cc(C(=O)C2CCCO2)cn1. The Hall–Kier alpha value is -1.16. The third-order valence-electron chi connectivity index (χ3n) is 2.46. The Morgan fingerprint density at radius 2 is 2.64 bits per heavy atom. The molecule has 2 heterocycles. The van der Waals surface area contributed by atoms with E-state index in [0.29, 0.717) is 12.2 Å². The molecule has 2 rings (SSSR count). The highest BCUT2D eigenvalue weighted by molar-refractivity contribution is 5.99. The lowest BCUT2D eigenvalue weighted by molar-refractivity contribution is 0.0643. The van der Waals surface area contributed by atoms with Crippen molar-refractivity contribution in [3.8, 4) is 0 Å². The van der Waals surface area contributed by atoms with E-state index in [2.05, 4.69) is 5.10 Å². The van der Waals surface area contributed by atoms with Crippen LogP contribution in [0.1, 0.15) is 30.1 Å². The summed E-state index contributed by atoms with van der Waals surface area (Å²) < 4.78 is 7.08. The zero-order chi connectivity index (χ0) is 9.97. The summed E-state index contributed by atoms with van der Waals surface area (Å²) in [5.74, 6) is 0.0715. The van der Waals surface area contributed by atoms with E-state index in [0.717, 1.165) is 19.4 Å². The first-order chi connectivity index (χ1) is 6.81.